The minimum Gasteiger partial charge on any atom is -0.355 e. The van der Waals surface area contributed by atoms with Gasteiger partial charge in [0.25, 0.3) is 5.91 Å². The van der Waals surface area contributed by atoms with Crippen LogP contribution in [-0.4, -0.2) is 13.0 Å². The SMILES string of the molecule is CNC(=O)c1c(C)cc(Br)cc1Cl. The molecule has 1 aromatic rings. The second kappa shape index (κ2) is 4.11. The summed E-state index contributed by atoms with van der Waals surface area (Å²) in [6.45, 7) is 1.85. The van der Waals surface area contributed by atoms with E-state index < -0.39 is 0 Å². The first-order valence-corrected chi connectivity index (χ1v) is 4.91. The molecule has 0 aliphatic carbocycles. The van der Waals surface area contributed by atoms with Gasteiger partial charge in [0.05, 0.1) is 10.6 Å². The van der Waals surface area contributed by atoms with Crippen molar-refractivity contribution in [2.24, 2.45) is 0 Å². The fourth-order valence-corrected chi connectivity index (χ4v) is 2.17. The van der Waals surface area contributed by atoms with E-state index in [1.165, 1.54) is 0 Å². The largest absolute Gasteiger partial charge is 0.355 e. The van der Waals surface area contributed by atoms with E-state index in [1.54, 1.807) is 13.1 Å². The third-order valence-electron chi connectivity index (χ3n) is 1.71. The average molecular weight is 263 g/mol. The number of hydrogen-bond acceptors (Lipinski definition) is 1. The van der Waals surface area contributed by atoms with Crippen molar-refractivity contribution in [1.29, 1.82) is 0 Å². The Hall–Kier alpha value is -0.540. The van der Waals surface area contributed by atoms with Gasteiger partial charge in [-0.3, -0.25) is 4.79 Å². The van der Waals surface area contributed by atoms with Crippen molar-refractivity contribution >= 4 is 33.4 Å². The summed E-state index contributed by atoms with van der Waals surface area (Å²) in [5, 5.41) is 3.01. The minimum atomic E-state index is -0.157. The van der Waals surface area contributed by atoms with E-state index in [0.29, 0.717) is 10.6 Å². The van der Waals surface area contributed by atoms with Crippen molar-refractivity contribution in [3.8, 4) is 0 Å². The molecule has 0 spiro atoms. The molecule has 1 N–H and O–H groups in total. The summed E-state index contributed by atoms with van der Waals surface area (Å²) < 4.78 is 0.877. The fraction of sp³-hybridized carbons (Fsp3) is 0.222. The molecule has 0 atom stereocenters. The lowest BCUT2D eigenvalue weighted by atomic mass is 10.1. The molecule has 70 valence electrons. The molecule has 0 saturated carbocycles. The molecule has 0 radical (unpaired) electrons. The number of hydrogen-bond donors (Lipinski definition) is 1. The third-order valence-corrected chi connectivity index (χ3v) is 2.46. The second-order valence-electron chi connectivity index (χ2n) is 2.66. The highest BCUT2D eigenvalue weighted by molar-refractivity contribution is 9.10. The Morgan fingerprint density at radius 2 is 2.15 bits per heavy atom. The van der Waals surface area contributed by atoms with Crippen LogP contribution in [-0.2, 0) is 0 Å². The van der Waals surface area contributed by atoms with Gasteiger partial charge in [-0.25, -0.2) is 0 Å². The quantitative estimate of drug-likeness (QED) is 0.828. The number of nitrogens with one attached hydrogen (secondary N) is 1. The standard InChI is InChI=1S/C9H9BrClNO/c1-5-3-6(10)4-7(11)8(5)9(13)12-2/h3-4H,1-2H3,(H,12,13). The van der Waals surface area contributed by atoms with Crippen LogP contribution in [0.5, 0.6) is 0 Å². The van der Waals surface area contributed by atoms with Crippen LogP contribution in [0.1, 0.15) is 15.9 Å². The molecular formula is C9H9BrClNO. The van der Waals surface area contributed by atoms with Crippen molar-refractivity contribution in [2.75, 3.05) is 7.05 Å². The maximum atomic E-state index is 11.4. The van der Waals surface area contributed by atoms with Gasteiger partial charge in [0.2, 0.25) is 0 Å². The smallest absolute Gasteiger partial charge is 0.252 e. The highest BCUT2D eigenvalue weighted by Gasteiger charge is 2.12. The second-order valence-corrected chi connectivity index (χ2v) is 3.98. The van der Waals surface area contributed by atoms with Gasteiger partial charge < -0.3 is 5.32 Å². The monoisotopic (exact) mass is 261 g/mol. The van der Waals surface area contributed by atoms with Gasteiger partial charge in [0.15, 0.2) is 0 Å². The molecule has 0 fully saturated rings. The average Bonchev–Trinajstić information content (AvgIpc) is 2.02. The van der Waals surface area contributed by atoms with Gasteiger partial charge in [-0.05, 0) is 24.6 Å². The van der Waals surface area contributed by atoms with E-state index in [9.17, 15) is 4.79 Å². The molecule has 0 bridgehead atoms. The summed E-state index contributed by atoms with van der Waals surface area (Å²) in [7, 11) is 1.58. The summed E-state index contributed by atoms with van der Waals surface area (Å²) in [6, 6.07) is 3.57. The lowest BCUT2D eigenvalue weighted by molar-refractivity contribution is 0.0962. The molecule has 0 aliphatic rings. The molecule has 0 aliphatic heterocycles. The van der Waals surface area contributed by atoms with Gasteiger partial charge in [-0.1, -0.05) is 27.5 Å². The van der Waals surface area contributed by atoms with Crippen LogP contribution in [0, 0.1) is 6.92 Å². The van der Waals surface area contributed by atoms with Gasteiger partial charge in [0, 0.05) is 11.5 Å². The lowest BCUT2D eigenvalue weighted by Gasteiger charge is -2.06. The Labute approximate surface area is 90.4 Å². The Morgan fingerprint density at radius 1 is 1.54 bits per heavy atom. The van der Waals surface area contributed by atoms with Gasteiger partial charge >= 0.3 is 0 Å². The summed E-state index contributed by atoms with van der Waals surface area (Å²) in [4.78, 5) is 11.4. The molecular weight excluding hydrogens is 253 g/mol. The molecule has 0 aromatic heterocycles. The van der Waals surface area contributed by atoms with Crippen molar-refractivity contribution in [1.82, 2.24) is 5.32 Å². The van der Waals surface area contributed by atoms with Crippen LogP contribution in [0.3, 0.4) is 0 Å². The normalized spacial score (nSPS) is 9.85. The fourth-order valence-electron chi connectivity index (χ4n) is 1.11. The zero-order valence-electron chi connectivity index (χ0n) is 7.32. The highest BCUT2D eigenvalue weighted by Crippen LogP contribution is 2.24. The van der Waals surface area contributed by atoms with E-state index in [1.807, 2.05) is 13.0 Å². The van der Waals surface area contributed by atoms with Gasteiger partial charge in [0.1, 0.15) is 0 Å². The summed E-state index contributed by atoms with van der Waals surface area (Å²) >= 11 is 9.22. The predicted molar refractivity (Wildman–Crippen MR) is 57.3 cm³/mol. The lowest BCUT2D eigenvalue weighted by Crippen LogP contribution is -2.19. The van der Waals surface area contributed by atoms with E-state index in [-0.39, 0.29) is 5.91 Å². The molecule has 1 aromatic carbocycles. The van der Waals surface area contributed by atoms with Crippen LogP contribution >= 0.6 is 27.5 Å². The van der Waals surface area contributed by atoms with Crippen LogP contribution in [0.2, 0.25) is 5.02 Å². The zero-order chi connectivity index (χ0) is 10.0. The number of carbonyl (C=O) groups is 1. The third kappa shape index (κ3) is 2.23. The van der Waals surface area contributed by atoms with E-state index in [4.69, 9.17) is 11.6 Å². The number of aryl methyl sites for hydroxylation is 1. The topological polar surface area (TPSA) is 29.1 Å². The number of amides is 1. The molecule has 0 heterocycles. The molecule has 4 heteroatoms. The Kier molecular flexibility index (Phi) is 3.33. The Balaban J connectivity index is 3.28. The number of carbonyl (C=O) groups excluding carboxylic acids is 1. The van der Waals surface area contributed by atoms with Crippen LogP contribution in [0.4, 0.5) is 0 Å². The van der Waals surface area contributed by atoms with Gasteiger partial charge in [-0.2, -0.15) is 0 Å². The first-order chi connectivity index (χ1) is 6.06. The van der Waals surface area contributed by atoms with E-state index >= 15 is 0 Å². The van der Waals surface area contributed by atoms with Crippen LogP contribution in [0.15, 0.2) is 16.6 Å². The molecule has 1 rings (SSSR count). The molecule has 1 amide bonds. The zero-order valence-corrected chi connectivity index (χ0v) is 9.66. The highest BCUT2D eigenvalue weighted by atomic mass is 79.9. The molecule has 2 nitrogen and oxygen atoms in total. The minimum absolute atomic E-state index is 0.157. The molecule has 0 saturated heterocycles. The maximum Gasteiger partial charge on any atom is 0.252 e. The van der Waals surface area contributed by atoms with Crippen LogP contribution < -0.4 is 5.32 Å². The predicted octanol–water partition coefficient (Wildman–Crippen LogP) is 2.77. The number of benzene rings is 1. The Bertz CT molecular complexity index is 328. The molecule has 13 heavy (non-hydrogen) atoms. The summed E-state index contributed by atoms with van der Waals surface area (Å²) in [5.74, 6) is -0.157. The van der Waals surface area contributed by atoms with Crippen molar-refractivity contribution in [3.63, 3.8) is 0 Å². The number of rotatable bonds is 1. The van der Waals surface area contributed by atoms with Crippen LogP contribution in [0.25, 0.3) is 0 Å². The Morgan fingerprint density at radius 3 is 2.62 bits per heavy atom. The van der Waals surface area contributed by atoms with Crippen molar-refractivity contribution in [3.05, 3.63) is 32.8 Å². The molecule has 0 unspecified atom stereocenters. The first-order valence-electron chi connectivity index (χ1n) is 3.74. The van der Waals surface area contributed by atoms with Gasteiger partial charge in [-0.15, -0.1) is 0 Å². The first kappa shape index (κ1) is 10.5. The van der Waals surface area contributed by atoms with E-state index in [2.05, 4.69) is 21.2 Å². The van der Waals surface area contributed by atoms with Crippen molar-refractivity contribution in [2.45, 2.75) is 6.92 Å². The van der Waals surface area contributed by atoms with Crippen molar-refractivity contribution < 1.29 is 4.79 Å². The van der Waals surface area contributed by atoms with E-state index in [0.717, 1.165) is 10.0 Å². The number of halogens is 2. The summed E-state index contributed by atoms with van der Waals surface area (Å²) in [5.41, 5.74) is 1.39. The maximum absolute atomic E-state index is 11.4. The summed E-state index contributed by atoms with van der Waals surface area (Å²) in [6.07, 6.45) is 0.